The number of hydrogen-bond acceptors (Lipinski definition) is 4. The molecule has 2 N–H and O–H groups in total. The zero-order valence-corrected chi connectivity index (χ0v) is 13.4. The zero-order valence-electron chi connectivity index (χ0n) is 11.8. The number of rotatable bonds is 5. The van der Waals surface area contributed by atoms with E-state index in [0.29, 0.717) is 24.3 Å². The first kappa shape index (κ1) is 15.7. The fourth-order valence-corrected chi connectivity index (χ4v) is 4.28. The molecule has 0 aliphatic heterocycles. The SMILES string of the molecule is CCCN(c1ccccc1N)S(=O)(=O)c1c(Cl)cnn1C. The molecule has 1 aromatic carbocycles. The zero-order chi connectivity index (χ0) is 15.6. The Morgan fingerprint density at radius 3 is 2.57 bits per heavy atom. The minimum atomic E-state index is -3.83. The van der Waals surface area contributed by atoms with E-state index in [9.17, 15) is 8.42 Å². The van der Waals surface area contributed by atoms with Crippen molar-refractivity contribution in [2.75, 3.05) is 16.6 Å². The number of halogens is 1. The van der Waals surface area contributed by atoms with Crippen molar-refractivity contribution in [3.63, 3.8) is 0 Å². The van der Waals surface area contributed by atoms with E-state index in [0.717, 1.165) is 0 Å². The number of hydrogen-bond donors (Lipinski definition) is 1. The maximum atomic E-state index is 12.9. The minimum absolute atomic E-state index is 0.0409. The van der Waals surface area contributed by atoms with Gasteiger partial charge in [-0.1, -0.05) is 30.7 Å². The van der Waals surface area contributed by atoms with Gasteiger partial charge in [-0.15, -0.1) is 0 Å². The number of aryl methyl sites for hydroxylation is 1. The third kappa shape index (κ3) is 2.84. The molecule has 0 amide bonds. The Bertz CT molecular complexity index is 723. The van der Waals surface area contributed by atoms with Gasteiger partial charge in [0.25, 0.3) is 10.0 Å². The first-order chi connectivity index (χ1) is 9.89. The van der Waals surface area contributed by atoms with Gasteiger partial charge in [0.2, 0.25) is 0 Å². The van der Waals surface area contributed by atoms with Crippen LogP contribution in [0.4, 0.5) is 11.4 Å². The van der Waals surface area contributed by atoms with Crippen LogP contribution in [0.5, 0.6) is 0 Å². The fraction of sp³-hybridized carbons (Fsp3) is 0.308. The largest absolute Gasteiger partial charge is 0.397 e. The summed E-state index contributed by atoms with van der Waals surface area (Å²) in [6.07, 6.45) is 1.95. The molecule has 0 saturated carbocycles. The van der Waals surface area contributed by atoms with Crippen LogP contribution < -0.4 is 10.0 Å². The highest BCUT2D eigenvalue weighted by atomic mass is 35.5. The molecule has 1 aromatic heterocycles. The molecule has 0 fully saturated rings. The van der Waals surface area contributed by atoms with Crippen LogP contribution in [0.1, 0.15) is 13.3 Å². The maximum Gasteiger partial charge on any atom is 0.283 e. The molecule has 2 aromatic rings. The molecule has 0 atom stereocenters. The second kappa shape index (κ2) is 5.95. The molecule has 6 nitrogen and oxygen atoms in total. The molecular formula is C13H17ClN4O2S. The highest BCUT2D eigenvalue weighted by molar-refractivity contribution is 7.92. The first-order valence-electron chi connectivity index (χ1n) is 6.44. The lowest BCUT2D eigenvalue weighted by molar-refractivity contribution is 0.571. The predicted octanol–water partition coefficient (Wildman–Crippen LogP) is 2.26. The van der Waals surface area contributed by atoms with Gasteiger partial charge in [-0.05, 0) is 18.6 Å². The number of para-hydroxylation sites is 2. The van der Waals surface area contributed by atoms with Gasteiger partial charge in [0, 0.05) is 13.6 Å². The Kier molecular flexibility index (Phi) is 4.43. The van der Waals surface area contributed by atoms with E-state index in [1.54, 1.807) is 24.3 Å². The normalized spacial score (nSPS) is 11.6. The Hall–Kier alpha value is -1.73. The summed E-state index contributed by atoms with van der Waals surface area (Å²) in [5.74, 6) is 0. The van der Waals surface area contributed by atoms with Crippen molar-refractivity contribution in [3.8, 4) is 0 Å². The van der Waals surface area contributed by atoms with Crippen molar-refractivity contribution in [2.45, 2.75) is 18.4 Å². The van der Waals surface area contributed by atoms with E-state index in [1.165, 1.54) is 22.2 Å². The molecular weight excluding hydrogens is 312 g/mol. The molecule has 1 heterocycles. The standard InChI is InChI=1S/C13H17ClN4O2S/c1-3-8-18(12-7-5-4-6-11(12)15)21(19,20)13-10(14)9-16-17(13)2/h4-7,9H,3,8,15H2,1-2H3. The van der Waals surface area contributed by atoms with Crippen LogP contribution in [-0.4, -0.2) is 24.7 Å². The van der Waals surface area contributed by atoms with E-state index >= 15 is 0 Å². The highest BCUT2D eigenvalue weighted by Gasteiger charge is 2.30. The lowest BCUT2D eigenvalue weighted by atomic mass is 10.2. The average Bonchev–Trinajstić information content (AvgIpc) is 2.77. The van der Waals surface area contributed by atoms with Crippen LogP contribution in [0.15, 0.2) is 35.5 Å². The summed E-state index contributed by atoms with van der Waals surface area (Å²) in [5, 5.41) is 3.94. The quantitative estimate of drug-likeness (QED) is 0.854. The lowest BCUT2D eigenvalue weighted by Crippen LogP contribution is -2.33. The van der Waals surface area contributed by atoms with Crippen molar-refractivity contribution >= 4 is 33.0 Å². The summed E-state index contributed by atoms with van der Waals surface area (Å²) < 4.78 is 28.3. The van der Waals surface area contributed by atoms with Crippen molar-refractivity contribution in [2.24, 2.45) is 7.05 Å². The Morgan fingerprint density at radius 2 is 2.05 bits per heavy atom. The molecule has 0 spiro atoms. The van der Waals surface area contributed by atoms with Crippen molar-refractivity contribution in [3.05, 3.63) is 35.5 Å². The average molecular weight is 329 g/mol. The van der Waals surface area contributed by atoms with Crippen LogP contribution in [0.3, 0.4) is 0 Å². The molecule has 0 saturated heterocycles. The van der Waals surface area contributed by atoms with Crippen molar-refractivity contribution < 1.29 is 8.42 Å². The topological polar surface area (TPSA) is 81.2 Å². The molecule has 8 heteroatoms. The summed E-state index contributed by atoms with van der Waals surface area (Å²) in [7, 11) is -2.30. The summed E-state index contributed by atoms with van der Waals surface area (Å²) in [6, 6.07) is 6.84. The van der Waals surface area contributed by atoms with Crippen LogP contribution in [0.25, 0.3) is 0 Å². The third-order valence-corrected chi connectivity index (χ3v) is 5.33. The Morgan fingerprint density at radius 1 is 1.38 bits per heavy atom. The minimum Gasteiger partial charge on any atom is -0.397 e. The van der Waals surface area contributed by atoms with Crippen molar-refractivity contribution in [1.82, 2.24) is 9.78 Å². The number of sulfonamides is 1. The smallest absolute Gasteiger partial charge is 0.283 e. The summed E-state index contributed by atoms with van der Waals surface area (Å²) in [4.78, 5) is 0. The van der Waals surface area contributed by atoms with Gasteiger partial charge in [-0.2, -0.15) is 13.5 Å². The molecule has 0 aliphatic carbocycles. The van der Waals surface area contributed by atoms with Gasteiger partial charge >= 0.3 is 0 Å². The van der Waals surface area contributed by atoms with E-state index in [2.05, 4.69) is 5.10 Å². The third-order valence-electron chi connectivity index (χ3n) is 3.01. The van der Waals surface area contributed by atoms with Gasteiger partial charge in [-0.3, -0.25) is 8.99 Å². The van der Waals surface area contributed by atoms with Crippen LogP contribution in [0, 0.1) is 0 Å². The van der Waals surface area contributed by atoms with Gasteiger partial charge < -0.3 is 5.73 Å². The number of aromatic nitrogens is 2. The summed E-state index contributed by atoms with van der Waals surface area (Å²) >= 11 is 5.98. The van der Waals surface area contributed by atoms with E-state index < -0.39 is 10.0 Å². The van der Waals surface area contributed by atoms with Gasteiger partial charge in [0.05, 0.1) is 22.6 Å². The number of nitrogens with zero attached hydrogens (tertiary/aromatic N) is 3. The highest BCUT2D eigenvalue weighted by Crippen LogP contribution is 2.31. The monoisotopic (exact) mass is 328 g/mol. The number of nitrogens with two attached hydrogens (primary N) is 1. The maximum absolute atomic E-state index is 12.9. The molecule has 0 unspecified atom stereocenters. The number of benzene rings is 1. The summed E-state index contributed by atoms with van der Waals surface area (Å²) in [5.41, 5.74) is 6.75. The molecule has 0 bridgehead atoms. The lowest BCUT2D eigenvalue weighted by Gasteiger charge is -2.25. The van der Waals surface area contributed by atoms with Gasteiger partial charge in [0.15, 0.2) is 5.03 Å². The van der Waals surface area contributed by atoms with E-state index in [-0.39, 0.29) is 10.0 Å². The number of anilines is 2. The molecule has 114 valence electrons. The summed E-state index contributed by atoms with van der Waals surface area (Å²) in [6.45, 7) is 2.20. The van der Waals surface area contributed by atoms with E-state index in [1.807, 2.05) is 6.92 Å². The van der Waals surface area contributed by atoms with Gasteiger partial charge in [-0.25, -0.2) is 0 Å². The van der Waals surface area contributed by atoms with Crippen molar-refractivity contribution in [1.29, 1.82) is 0 Å². The second-order valence-corrected chi connectivity index (χ2v) is 6.74. The second-order valence-electron chi connectivity index (χ2n) is 4.56. The number of nitrogen functional groups attached to an aromatic ring is 1. The molecule has 0 aliphatic rings. The Balaban J connectivity index is 2.60. The van der Waals surface area contributed by atoms with Crippen LogP contribution >= 0.6 is 11.6 Å². The van der Waals surface area contributed by atoms with E-state index in [4.69, 9.17) is 17.3 Å². The first-order valence-corrected chi connectivity index (χ1v) is 8.26. The molecule has 0 radical (unpaired) electrons. The fourth-order valence-electron chi connectivity index (χ4n) is 2.08. The Labute approximate surface area is 129 Å². The predicted molar refractivity (Wildman–Crippen MR) is 83.9 cm³/mol. The van der Waals surface area contributed by atoms with Crippen LogP contribution in [0.2, 0.25) is 5.02 Å². The molecule has 21 heavy (non-hydrogen) atoms. The molecule has 2 rings (SSSR count). The van der Waals surface area contributed by atoms with Gasteiger partial charge in [0.1, 0.15) is 0 Å². The van der Waals surface area contributed by atoms with Crippen LogP contribution in [-0.2, 0) is 17.1 Å².